The van der Waals surface area contributed by atoms with E-state index in [0.717, 1.165) is 12.8 Å². The van der Waals surface area contributed by atoms with Crippen LogP contribution in [0.5, 0.6) is 0 Å². The van der Waals surface area contributed by atoms with Crippen LogP contribution in [0.3, 0.4) is 0 Å². The molecule has 11 heavy (non-hydrogen) atoms. The minimum Gasteiger partial charge on any atom is -0.367 e. The van der Waals surface area contributed by atoms with Gasteiger partial charge >= 0.3 is 0 Å². The molecule has 0 aromatic rings. The summed E-state index contributed by atoms with van der Waals surface area (Å²) in [5.74, 6) is 0. The lowest BCUT2D eigenvalue weighted by molar-refractivity contribution is -0.0379. The molecule has 0 aromatic heterocycles. The van der Waals surface area contributed by atoms with E-state index in [2.05, 4.69) is 45.2 Å². The van der Waals surface area contributed by atoms with E-state index >= 15 is 0 Å². The van der Waals surface area contributed by atoms with Crippen LogP contribution in [-0.2, 0) is 0 Å². The number of halogens is 2. The Kier molecular flexibility index (Phi) is 9.00. The lowest BCUT2D eigenvalue weighted by Crippen LogP contribution is -2.18. The summed E-state index contributed by atoms with van der Waals surface area (Å²) in [5.41, 5.74) is 0. The molecule has 0 spiro atoms. The number of rotatable bonds is 6. The summed E-state index contributed by atoms with van der Waals surface area (Å²) in [5, 5.41) is 17.4. The molecule has 0 aliphatic carbocycles. The number of aliphatic hydroxyl groups is 2. The lowest BCUT2D eigenvalue weighted by Gasteiger charge is -2.10. The van der Waals surface area contributed by atoms with Crippen molar-refractivity contribution in [1.82, 2.24) is 0 Å². The summed E-state index contributed by atoms with van der Waals surface area (Å²) in [6.45, 7) is 0. The van der Waals surface area contributed by atoms with Gasteiger partial charge in [-0.3, -0.25) is 0 Å². The highest BCUT2D eigenvalue weighted by molar-refractivity contribution is 14.1. The van der Waals surface area contributed by atoms with Crippen molar-refractivity contribution >= 4 is 45.2 Å². The molecular weight excluding hydrogens is 370 g/mol. The summed E-state index contributed by atoms with van der Waals surface area (Å²) < 4.78 is 1.20. The topological polar surface area (TPSA) is 40.5 Å². The van der Waals surface area contributed by atoms with Crippen molar-refractivity contribution in [3.8, 4) is 0 Å². The maximum absolute atomic E-state index is 8.72. The van der Waals surface area contributed by atoms with E-state index in [1.165, 1.54) is 17.3 Å². The highest BCUT2D eigenvalue weighted by Gasteiger charge is 2.10. The van der Waals surface area contributed by atoms with E-state index in [1.807, 2.05) is 0 Å². The molecule has 0 saturated heterocycles. The highest BCUT2D eigenvalue weighted by Crippen LogP contribution is 2.14. The average Bonchev–Trinajstić information content (AvgIpc) is 1.97. The molecule has 0 aliphatic rings. The van der Waals surface area contributed by atoms with Crippen molar-refractivity contribution in [3.05, 3.63) is 0 Å². The highest BCUT2D eigenvalue weighted by atomic mass is 127. The molecule has 0 saturated carbocycles. The van der Waals surface area contributed by atoms with Crippen LogP contribution < -0.4 is 0 Å². The van der Waals surface area contributed by atoms with Gasteiger partial charge in [0.25, 0.3) is 0 Å². The van der Waals surface area contributed by atoms with Gasteiger partial charge < -0.3 is 10.2 Å². The molecule has 1 unspecified atom stereocenters. The van der Waals surface area contributed by atoms with Crippen LogP contribution in [0, 0.1) is 0 Å². The molecule has 1 atom stereocenters. The Morgan fingerprint density at radius 3 is 2.18 bits per heavy atom. The van der Waals surface area contributed by atoms with Gasteiger partial charge in [0.1, 0.15) is 0 Å². The summed E-state index contributed by atoms with van der Waals surface area (Å²) in [7, 11) is 0. The Hall–Kier alpha value is 1.38. The largest absolute Gasteiger partial charge is 0.367 e. The lowest BCUT2D eigenvalue weighted by atomic mass is 10.1. The Morgan fingerprint density at radius 2 is 1.73 bits per heavy atom. The fourth-order valence-corrected chi connectivity index (χ4v) is 1.74. The Bertz CT molecular complexity index is 88.5. The van der Waals surface area contributed by atoms with Crippen LogP contribution in [0.4, 0.5) is 0 Å². The minimum absolute atomic E-state index is 0.00168. The van der Waals surface area contributed by atoms with Crippen LogP contribution in [-0.4, -0.2) is 24.9 Å². The Balaban J connectivity index is 3.10. The van der Waals surface area contributed by atoms with Crippen LogP contribution in [0.1, 0.15) is 25.7 Å². The van der Waals surface area contributed by atoms with Crippen molar-refractivity contribution in [2.45, 2.75) is 35.9 Å². The summed E-state index contributed by atoms with van der Waals surface area (Å²) in [6, 6.07) is 0. The van der Waals surface area contributed by atoms with Gasteiger partial charge in [-0.05, 0) is 17.3 Å². The van der Waals surface area contributed by atoms with Gasteiger partial charge in [0, 0.05) is 0 Å². The molecule has 0 aromatic carbocycles. The second-order valence-electron chi connectivity index (χ2n) is 2.47. The predicted octanol–water partition coefficient (Wildman–Crippen LogP) is 2.10. The van der Waals surface area contributed by atoms with Crippen LogP contribution in [0.15, 0.2) is 0 Å². The Morgan fingerprint density at radius 1 is 1.09 bits per heavy atom. The first-order valence-electron chi connectivity index (χ1n) is 3.74. The van der Waals surface area contributed by atoms with Gasteiger partial charge in [0.15, 0.2) is 6.29 Å². The summed E-state index contributed by atoms with van der Waals surface area (Å²) >= 11 is 4.44. The fourth-order valence-electron chi connectivity index (χ4n) is 0.760. The quantitative estimate of drug-likeness (QED) is 0.319. The van der Waals surface area contributed by atoms with Crippen LogP contribution >= 0.6 is 45.2 Å². The zero-order chi connectivity index (χ0) is 8.69. The third-order valence-corrected chi connectivity index (χ3v) is 3.47. The van der Waals surface area contributed by atoms with E-state index in [0.29, 0.717) is 0 Å². The van der Waals surface area contributed by atoms with E-state index < -0.39 is 6.29 Å². The number of hydrogen-bond acceptors (Lipinski definition) is 2. The van der Waals surface area contributed by atoms with Crippen molar-refractivity contribution in [2.24, 2.45) is 0 Å². The minimum atomic E-state index is -1.14. The Labute approximate surface area is 95.0 Å². The second-order valence-corrected chi connectivity index (χ2v) is 5.15. The fraction of sp³-hybridized carbons (Fsp3) is 1.00. The molecule has 0 rings (SSSR count). The third-order valence-electron chi connectivity index (χ3n) is 1.44. The standard InChI is InChI=1S/C7H14I2O2/c8-5-3-1-2-4-6(9)7(10)11/h6-7,10-11H,1-5H2. The molecule has 0 aliphatic heterocycles. The molecular formula is C7H14I2O2. The summed E-state index contributed by atoms with van der Waals surface area (Å²) in [4.78, 5) is 0. The molecule has 0 bridgehead atoms. The first kappa shape index (κ1) is 12.4. The molecule has 2 nitrogen and oxygen atoms in total. The van der Waals surface area contributed by atoms with Gasteiger partial charge in [-0.25, -0.2) is 0 Å². The van der Waals surface area contributed by atoms with E-state index in [4.69, 9.17) is 10.2 Å². The van der Waals surface area contributed by atoms with Gasteiger partial charge in [0.05, 0.1) is 3.92 Å². The maximum atomic E-state index is 8.72. The monoisotopic (exact) mass is 384 g/mol. The SMILES string of the molecule is OC(O)C(I)CCCCCI. The smallest absolute Gasteiger partial charge is 0.163 e. The number of hydrogen-bond donors (Lipinski definition) is 2. The molecule has 4 heteroatoms. The maximum Gasteiger partial charge on any atom is 0.163 e. The number of alkyl halides is 2. The van der Waals surface area contributed by atoms with E-state index in [1.54, 1.807) is 0 Å². The van der Waals surface area contributed by atoms with Crippen molar-refractivity contribution in [3.63, 3.8) is 0 Å². The van der Waals surface area contributed by atoms with E-state index in [9.17, 15) is 0 Å². The van der Waals surface area contributed by atoms with Crippen LogP contribution in [0.2, 0.25) is 0 Å². The van der Waals surface area contributed by atoms with Crippen molar-refractivity contribution in [2.75, 3.05) is 4.43 Å². The van der Waals surface area contributed by atoms with Gasteiger partial charge in [-0.1, -0.05) is 58.0 Å². The number of unbranched alkanes of at least 4 members (excludes halogenated alkanes) is 2. The third kappa shape index (κ3) is 7.73. The van der Waals surface area contributed by atoms with Gasteiger partial charge in [-0.2, -0.15) is 0 Å². The first-order chi connectivity index (χ1) is 5.18. The molecule has 0 radical (unpaired) electrons. The molecule has 0 fully saturated rings. The predicted molar refractivity (Wildman–Crippen MR) is 63.4 cm³/mol. The molecule has 2 N–H and O–H groups in total. The zero-order valence-corrected chi connectivity index (χ0v) is 10.7. The second kappa shape index (κ2) is 8.00. The van der Waals surface area contributed by atoms with Crippen LogP contribution in [0.25, 0.3) is 0 Å². The zero-order valence-electron chi connectivity index (χ0n) is 6.34. The van der Waals surface area contributed by atoms with Crippen molar-refractivity contribution in [1.29, 1.82) is 0 Å². The molecule has 0 amide bonds. The van der Waals surface area contributed by atoms with Gasteiger partial charge in [0.2, 0.25) is 0 Å². The normalized spacial score (nSPS) is 13.9. The number of aliphatic hydroxyl groups excluding tert-OH is 1. The summed E-state index contributed by atoms with van der Waals surface area (Å²) in [6.07, 6.45) is 3.32. The molecule has 68 valence electrons. The molecule has 0 heterocycles. The average molecular weight is 384 g/mol. The van der Waals surface area contributed by atoms with Gasteiger partial charge in [-0.15, -0.1) is 0 Å². The van der Waals surface area contributed by atoms with E-state index in [-0.39, 0.29) is 3.92 Å². The first-order valence-corrected chi connectivity index (χ1v) is 6.51. The van der Waals surface area contributed by atoms with Crippen molar-refractivity contribution < 1.29 is 10.2 Å².